The van der Waals surface area contributed by atoms with E-state index in [1.54, 1.807) is 0 Å². The molecule has 0 bridgehead atoms. The number of halogens is 4. The Bertz CT molecular complexity index is 198. The van der Waals surface area contributed by atoms with E-state index in [0.29, 0.717) is 0 Å². The molecule has 0 amide bonds. The van der Waals surface area contributed by atoms with E-state index in [1.165, 1.54) is 5.92 Å². The summed E-state index contributed by atoms with van der Waals surface area (Å²) in [6.45, 7) is 0. The summed E-state index contributed by atoms with van der Waals surface area (Å²) in [6, 6.07) is 0. The lowest BCUT2D eigenvalue weighted by Gasteiger charge is -2.01. The van der Waals surface area contributed by atoms with Crippen molar-refractivity contribution in [1.82, 2.24) is 0 Å². The molecule has 0 aliphatic carbocycles. The van der Waals surface area contributed by atoms with E-state index in [0.717, 1.165) is 0 Å². The summed E-state index contributed by atoms with van der Waals surface area (Å²) < 4.78 is 46.0. The van der Waals surface area contributed by atoms with Gasteiger partial charge in [-0.25, -0.2) is 4.39 Å². The number of aliphatic hydroxyl groups excluding tert-OH is 1. The van der Waals surface area contributed by atoms with Gasteiger partial charge in [0.05, 0.1) is 6.08 Å². The van der Waals surface area contributed by atoms with Crippen molar-refractivity contribution in [2.45, 2.75) is 12.3 Å². The molecule has 0 aromatic carbocycles. The van der Waals surface area contributed by atoms with Crippen LogP contribution in [-0.2, 0) is 0 Å². The summed E-state index contributed by atoms with van der Waals surface area (Å²) >= 11 is 0. The lowest BCUT2D eigenvalue weighted by Crippen LogP contribution is -2.09. The highest BCUT2D eigenvalue weighted by Crippen LogP contribution is 2.20. The molecule has 0 spiro atoms. The van der Waals surface area contributed by atoms with Crippen LogP contribution in [0.1, 0.15) is 0 Å². The van der Waals surface area contributed by atoms with E-state index in [9.17, 15) is 17.6 Å². The van der Waals surface area contributed by atoms with Gasteiger partial charge in [0.2, 0.25) is 0 Å². The number of aliphatic hydroxyl groups is 1. The molecular weight excluding hydrogens is 164 g/mol. The lowest BCUT2D eigenvalue weighted by atomic mass is 10.3. The van der Waals surface area contributed by atoms with Crippen molar-refractivity contribution in [3.63, 3.8) is 0 Å². The maximum Gasteiger partial charge on any atom is 0.412 e. The van der Waals surface area contributed by atoms with Crippen molar-refractivity contribution >= 4 is 0 Å². The molecule has 0 aromatic heterocycles. The van der Waals surface area contributed by atoms with Crippen LogP contribution in [0.25, 0.3) is 0 Å². The summed E-state index contributed by atoms with van der Waals surface area (Å²) in [5.41, 5.74) is 0. The first-order valence-corrected chi connectivity index (χ1v) is 2.46. The quantitative estimate of drug-likeness (QED) is 0.463. The van der Waals surface area contributed by atoms with Crippen molar-refractivity contribution in [3.8, 4) is 12.3 Å². The molecule has 0 aliphatic heterocycles. The van der Waals surface area contributed by atoms with Gasteiger partial charge in [0.25, 0.3) is 0 Å². The summed E-state index contributed by atoms with van der Waals surface area (Å²) in [7, 11) is 0. The number of hydrogen-bond donors (Lipinski definition) is 1. The molecule has 0 radical (unpaired) electrons. The molecule has 1 nitrogen and oxygen atoms in total. The predicted octanol–water partition coefficient (Wildman–Crippen LogP) is 1.40. The molecule has 62 valence electrons. The largest absolute Gasteiger partial charge is 0.412 e. The Hall–Kier alpha value is -1.02. The van der Waals surface area contributed by atoms with Crippen LogP contribution >= 0.6 is 0 Å². The van der Waals surface area contributed by atoms with Crippen LogP contribution in [0, 0.1) is 12.3 Å². The van der Waals surface area contributed by atoms with Gasteiger partial charge in [-0.1, -0.05) is 5.92 Å². The summed E-state index contributed by atoms with van der Waals surface area (Å²) in [5.74, 6) is -0.378. The smallest absolute Gasteiger partial charge is 0.374 e. The molecule has 1 atom stereocenters. The fraction of sp³-hybridized carbons (Fsp3) is 0.333. The first kappa shape index (κ1) is 9.98. The number of rotatable bonds is 1. The van der Waals surface area contributed by atoms with Crippen LogP contribution in [-0.4, -0.2) is 17.4 Å². The second-order valence-electron chi connectivity index (χ2n) is 1.64. The van der Waals surface area contributed by atoms with Gasteiger partial charge in [0, 0.05) is 0 Å². The van der Waals surface area contributed by atoms with Crippen LogP contribution in [0.3, 0.4) is 0 Å². The van der Waals surface area contributed by atoms with E-state index in [1.807, 2.05) is 0 Å². The Morgan fingerprint density at radius 1 is 1.55 bits per heavy atom. The molecule has 0 saturated carbocycles. The molecule has 5 heteroatoms. The minimum atomic E-state index is -4.79. The molecule has 0 heterocycles. The first-order valence-electron chi connectivity index (χ1n) is 2.46. The normalized spacial score (nSPS) is 15.8. The molecular formula is C6H4F4O. The number of alkyl halides is 3. The van der Waals surface area contributed by atoms with Crippen LogP contribution in [0.5, 0.6) is 0 Å². The van der Waals surface area contributed by atoms with E-state index in [-0.39, 0.29) is 0 Å². The minimum Gasteiger partial charge on any atom is -0.374 e. The standard InChI is InChI=1S/C6H4F4O/c1-2-5(11)4(7)3-6(8,9)10/h1,3,5,11H. The van der Waals surface area contributed by atoms with Crippen molar-refractivity contribution in [1.29, 1.82) is 0 Å². The predicted molar refractivity (Wildman–Crippen MR) is 30.1 cm³/mol. The third-order valence-corrected chi connectivity index (χ3v) is 0.721. The number of terminal acetylenes is 1. The zero-order valence-corrected chi connectivity index (χ0v) is 5.19. The van der Waals surface area contributed by atoms with Crippen molar-refractivity contribution < 1.29 is 22.7 Å². The molecule has 1 N–H and O–H groups in total. The minimum absolute atomic E-state index is 0.683. The summed E-state index contributed by atoms with van der Waals surface area (Å²) in [4.78, 5) is 0. The second-order valence-corrected chi connectivity index (χ2v) is 1.64. The molecule has 0 aromatic rings. The Labute approximate surface area is 60.3 Å². The average molecular weight is 168 g/mol. The third kappa shape index (κ3) is 4.39. The Morgan fingerprint density at radius 2 is 2.00 bits per heavy atom. The van der Waals surface area contributed by atoms with Gasteiger partial charge in [0.1, 0.15) is 5.83 Å². The van der Waals surface area contributed by atoms with Crippen molar-refractivity contribution in [3.05, 3.63) is 11.9 Å². The second kappa shape index (κ2) is 3.39. The van der Waals surface area contributed by atoms with Gasteiger partial charge in [-0.3, -0.25) is 0 Å². The Kier molecular flexibility index (Phi) is 3.08. The lowest BCUT2D eigenvalue weighted by molar-refractivity contribution is -0.0822. The monoisotopic (exact) mass is 168 g/mol. The molecule has 0 aliphatic rings. The summed E-state index contributed by atoms with van der Waals surface area (Å²) in [5, 5.41) is 8.31. The van der Waals surface area contributed by atoms with Crippen LogP contribution in [0.15, 0.2) is 11.9 Å². The maximum absolute atomic E-state index is 12.0. The van der Waals surface area contributed by atoms with Crippen LogP contribution in [0.2, 0.25) is 0 Å². The van der Waals surface area contributed by atoms with E-state index >= 15 is 0 Å². The highest BCUT2D eigenvalue weighted by atomic mass is 19.4. The van der Waals surface area contributed by atoms with E-state index < -0.39 is 24.2 Å². The van der Waals surface area contributed by atoms with Crippen LogP contribution in [0.4, 0.5) is 17.6 Å². The molecule has 11 heavy (non-hydrogen) atoms. The van der Waals surface area contributed by atoms with Crippen molar-refractivity contribution in [2.24, 2.45) is 0 Å². The van der Waals surface area contributed by atoms with E-state index in [2.05, 4.69) is 6.42 Å². The fourth-order valence-corrected chi connectivity index (χ4v) is 0.315. The van der Waals surface area contributed by atoms with Gasteiger partial charge in [0.15, 0.2) is 6.10 Å². The van der Waals surface area contributed by atoms with Gasteiger partial charge in [-0.15, -0.1) is 6.42 Å². The van der Waals surface area contributed by atoms with Gasteiger partial charge < -0.3 is 5.11 Å². The van der Waals surface area contributed by atoms with Crippen LogP contribution < -0.4 is 0 Å². The zero-order chi connectivity index (χ0) is 9.07. The number of allylic oxidation sites excluding steroid dienone is 1. The molecule has 0 saturated heterocycles. The Balaban J connectivity index is 4.37. The van der Waals surface area contributed by atoms with Gasteiger partial charge in [-0.2, -0.15) is 13.2 Å². The first-order chi connectivity index (χ1) is 4.87. The topological polar surface area (TPSA) is 20.2 Å². The highest BCUT2D eigenvalue weighted by molar-refractivity contribution is 5.14. The highest BCUT2D eigenvalue weighted by Gasteiger charge is 2.26. The molecule has 0 rings (SSSR count). The summed E-state index contributed by atoms with van der Waals surface area (Å²) in [6.07, 6.45) is -3.14. The zero-order valence-electron chi connectivity index (χ0n) is 5.19. The van der Waals surface area contributed by atoms with E-state index in [4.69, 9.17) is 5.11 Å². The van der Waals surface area contributed by atoms with Gasteiger partial charge >= 0.3 is 6.18 Å². The fourth-order valence-electron chi connectivity index (χ4n) is 0.315. The average Bonchev–Trinajstić information content (AvgIpc) is 1.82. The SMILES string of the molecule is C#CC(O)C(F)=CC(F)(F)F. The maximum atomic E-state index is 12.0. The molecule has 0 fully saturated rings. The van der Waals surface area contributed by atoms with Crippen molar-refractivity contribution in [2.75, 3.05) is 0 Å². The Morgan fingerprint density at radius 3 is 2.27 bits per heavy atom. The number of hydrogen-bond acceptors (Lipinski definition) is 1. The third-order valence-electron chi connectivity index (χ3n) is 0.721. The molecule has 1 unspecified atom stereocenters. The van der Waals surface area contributed by atoms with Gasteiger partial charge in [-0.05, 0) is 0 Å².